The third kappa shape index (κ3) is 2.88. The van der Waals surface area contributed by atoms with Gasteiger partial charge in [-0.25, -0.2) is 5.43 Å². The number of hydrogen-bond acceptors (Lipinski definition) is 8. The van der Waals surface area contributed by atoms with Crippen LogP contribution in [0.5, 0.6) is 5.75 Å². The van der Waals surface area contributed by atoms with Gasteiger partial charge in [-0.2, -0.15) is 10.1 Å². The Bertz CT molecular complexity index is 1220. The molecular formula is C17H13N7O3. The molecule has 0 unspecified atom stereocenters. The van der Waals surface area contributed by atoms with Crippen molar-refractivity contribution in [1.29, 1.82) is 0 Å². The molecule has 0 bridgehead atoms. The van der Waals surface area contributed by atoms with Gasteiger partial charge >= 0.3 is 5.69 Å². The van der Waals surface area contributed by atoms with Crippen molar-refractivity contribution < 1.29 is 10.0 Å². The lowest BCUT2D eigenvalue weighted by atomic mass is 10.1. The van der Waals surface area contributed by atoms with E-state index >= 15 is 0 Å². The van der Waals surface area contributed by atoms with Gasteiger partial charge in [-0.1, -0.05) is 24.3 Å². The zero-order valence-corrected chi connectivity index (χ0v) is 14.0. The molecule has 0 radical (unpaired) electrons. The number of benzene rings is 2. The number of nitrogens with zero attached hydrogens (tertiary/aromatic N) is 5. The normalized spacial score (nSPS) is 11.4. The summed E-state index contributed by atoms with van der Waals surface area (Å²) in [5, 5.41) is 33.7. The second kappa shape index (κ2) is 6.33. The molecular weight excluding hydrogens is 350 g/mol. The fraction of sp³-hybridized carbons (Fsp3) is 0.0588. The number of nitro groups is 1. The largest absolute Gasteiger partial charge is 0.502 e. The number of aryl methyl sites for hydroxylation is 1. The van der Waals surface area contributed by atoms with Crippen LogP contribution in [0.15, 0.2) is 41.5 Å². The maximum absolute atomic E-state index is 10.8. The Labute approximate surface area is 151 Å². The number of aromatic amines is 1. The van der Waals surface area contributed by atoms with Crippen molar-refractivity contribution in [2.75, 3.05) is 5.43 Å². The predicted octanol–water partition coefficient (Wildman–Crippen LogP) is 2.87. The van der Waals surface area contributed by atoms with E-state index in [1.807, 2.05) is 25.1 Å². The van der Waals surface area contributed by atoms with Gasteiger partial charge in [0.25, 0.3) is 5.95 Å². The van der Waals surface area contributed by atoms with Gasteiger partial charge in [0.15, 0.2) is 5.65 Å². The SMILES string of the molecule is Cc1cccc2c1[nH]c1nc(NN=Cc3cccc([N+](=O)[O-])c3O)nnc12. The van der Waals surface area contributed by atoms with Gasteiger partial charge in [0.2, 0.25) is 5.75 Å². The lowest BCUT2D eigenvalue weighted by molar-refractivity contribution is -0.385. The molecule has 134 valence electrons. The number of anilines is 1. The predicted molar refractivity (Wildman–Crippen MR) is 99.9 cm³/mol. The topological polar surface area (TPSA) is 142 Å². The van der Waals surface area contributed by atoms with Gasteiger partial charge in [-0.05, 0) is 18.6 Å². The first-order valence-corrected chi connectivity index (χ1v) is 7.92. The molecule has 0 saturated carbocycles. The Balaban J connectivity index is 1.62. The highest BCUT2D eigenvalue weighted by Gasteiger charge is 2.15. The minimum absolute atomic E-state index is 0.146. The maximum Gasteiger partial charge on any atom is 0.311 e. The fourth-order valence-electron chi connectivity index (χ4n) is 2.75. The molecule has 0 saturated heterocycles. The molecule has 4 aromatic rings. The summed E-state index contributed by atoms with van der Waals surface area (Å²) in [6.07, 6.45) is 1.24. The van der Waals surface area contributed by atoms with Crippen LogP contribution in [0.25, 0.3) is 22.1 Å². The van der Waals surface area contributed by atoms with E-state index < -0.39 is 16.4 Å². The minimum Gasteiger partial charge on any atom is -0.502 e. The minimum atomic E-state index is -0.668. The Kier molecular flexibility index (Phi) is 3.84. The molecule has 0 spiro atoms. The number of H-pyrrole nitrogens is 1. The van der Waals surface area contributed by atoms with Crippen LogP contribution in [0.1, 0.15) is 11.1 Å². The molecule has 2 aromatic heterocycles. The van der Waals surface area contributed by atoms with Crippen LogP contribution >= 0.6 is 0 Å². The maximum atomic E-state index is 10.8. The molecule has 10 heteroatoms. The Morgan fingerprint density at radius 3 is 2.89 bits per heavy atom. The van der Waals surface area contributed by atoms with Crippen molar-refractivity contribution in [3.8, 4) is 5.75 Å². The molecule has 0 aliphatic rings. The highest BCUT2D eigenvalue weighted by atomic mass is 16.6. The molecule has 4 rings (SSSR count). The molecule has 10 nitrogen and oxygen atoms in total. The summed E-state index contributed by atoms with van der Waals surface area (Å²) in [6, 6.07) is 10.0. The zero-order valence-electron chi connectivity index (χ0n) is 14.0. The molecule has 27 heavy (non-hydrogen) atoms. The third-order valence-corrected chi connectivity index (χ3v) is 4.07. The number of hydrogen-bond donors (Lipinski definition) is 3. The Morgan fingerprint density at radius 1 is 1.26 bits per heavy atom. The summed E-state index contributed by atoms with van der Waals surface area (Å²) in [7, 11) is 0. The lowest BCUT2D eigenvalue weighted by Gasteiger charge is -2.00. The van der Waals surface area contributed by atoms with Crippen molar-refractivity contribution in [2.45, 2.75) is 6.92 Å². The van der Waals surface area contributed by atoms with E-state index in [0.29, 0.717) is 11.2 Å². The van der Waals surface area contributed by atoms with Crippen LogP contribution in [0.2, 0.25) is 0 Å². The Morgan fingerprint density at radius 2 is 2.07 bits per heavy atom. The molecule has 0 aliphatic carbocycles. The number of nitrogens with one attached hydrogen (secondary N) is 2. The molecule has 3 N–H and O–H groups in total. The van der Waals surface area contributed by atoms with Crippen LogP contribution in [-0.2, 0) is 0 Å². The van der Waals surface area contributed by atoms with Crippen molar-refractivity contribution in [1.82, 2.24) is 20.2 Å². The number of fused-ring (bicyclic) bond motifs is 3. The standard InChI is InChI=1S/C17H13N7O3/c1-9-4-2-6-11-13(9)19-16-14(11)21-23-17(20-16)22-18-8-10-5-3-7-12(15(10)25)24(26)27/h2-8,25H,1H3,(H2,19,20,22,23). The monoisotopic (exact) mass is 363 g/mol. The van der Waals surface area contributed by atoms with Gasteiger partial charge in [0, 0.05) is 17.0 Å². The van der Waals surface area contributed by atoms with Gasteiger partial charge in [0.05, 0.1) is 16.7 Å². The average Bonchev–Trinajstić information content (AvgIpc) is 3.02. The number of aromatic nitrogens is 4. The van der Waals surface area contributed by atoms with E-state index in [2.05, 4.69) is 30.7 Å². The molecule has 0 amide bonds. The molecule has 0 atom stereocenters. The van der Waals surface area contributed by atoms with Gasteiger partial charge in [-0.15, -0.1) is 10.2 Å². The van der Waals surface area contributed by atoms with E-state index in [-0.39, 0.29) is 11.5 Å². The van der Waals surface area contributed by atoms with Crippen LogP contribution in [0.3, 0.4) is 0 Å². The van der Waals surface area contributed by atoms with Gasteiger partial charge in [0.1, 0.15) is 5.52 Å². The summed E-state index contributed by atoms with van der Waals surface area (Å²) in [5.41, 5.74) is 5.62. The number of hydrazone groups is 1. The summed E-state index contributed by atoms with van der Waals surface area (Å²) >= 11 is 0. The van der Waals surface area contributed by atoms with Gasteiger partial charge in [-0.3, -0.25) is 10.1 Å². The first-order chi connectivity index (χ1) is 13.0. The van der Waals surface area contributed by atoms with Crippen LogP contribution in [-0.4, -0.2) is 36.4 Å². The number of para-hydroxylation sites is 2. The zero-order chi connectivity index (χ0) is 19.0. The summed E-state index contributed by atoms with van der Waals surface area (Å²) in [6.45, 7) is 1.99. The number of rotatable bonds is 4. The number of phenols is 1. The van der Waals surface area contributed by atoms with Crippen LogP contribution in [0, 0.1) is 17.0 Å². The van der Waals surface area contributed by atoms with Crippen LogP contribution in [0.4, 0.5) is 11.6 Å². The number of nitro benzene ring substituents is 1. The quantitative estimate of drug-likeness (QED) is 0.287. The van der Waals surface area contributed by atoms with E-state index in [1.54, 1.807) is 0 Å². The van der Waals surface area contributed by atoms with E-state index in [4.69, 9.17) is 0 Å². The third-order valence-electron chi connectivity index (χ3n) is 4.07. The highest BCUT2D eigenvalue weighted by Crippen LogP contribution is 2.28. The number of phenolic OH excluding ortho intramolecular Hbond substituents is 1. The van der Waals surface area contributed by atoms with Crippen molar-refractivity contribution in [3.05, 3.63) is 57.6 Å². The highest BCUT2D eigenvalue weighted by molar-refractivity contribution is 6.04. The van der Waals surface area contributed by atoms with Gasteiger partial charge < -0.3 is 10.1 Å². The van der Waals surface area contributed by atoms with E-state index in [1.165, 1.54) is 24.4 Å². The van der Waals surface area contributed by atoms with Crippen LogP contribution < -0.4 is 5.43 Å². The van der Waals surface area contributed by atoms with Crippen molar-refractivity contribution in [2.24, 2.45) is 5.10 Å². The molecule has 2 aromatic carbocycles. The summed E-state index contributed by atoms with van der Waals surface area (Å²) in [5.74, 6) is -0.318. The first-order valence-electron chi connectivity index (χ1n) is 7.92. The molecule has 0 aliphatic heterocycles. The average molecular weight is 363 g/mol. The fourth-order valence-corrected chi connectivity index (χ4v) is 2.75. The summed E-state index contributed by atoms with van der Waals surface area (Å²) < 4.78 is 0. The molecule has 2 heterocycles. The second-order valence-corrected chi connectivity index (χ2v) is 5.80. The number of aromatic hydroxyl groups is 1. The Hall–Kier alpha value is -4.08. The smallest absolute Gasteiger partial charge is 0.311 e. The van der Waals surface area contributed by atoms with Crippen molar-refractivity contribution >= 4 is 39.9 Å². The van der Waals surface area contributed by atoms with E-state index in [9.17, 15) is 15.2 Å². The second-order valence-electron chi connectivity index (χ2n) is 5.80. The summed E-state index contributed by atoms with van der Waals surface area (Å²) in [4.78, 5) is 17.7. The van der Waals surface area contributed by atoms with E-state index in [0.717, 1.165) is 16.5 Å². The lowest BCUT2D eigenvalue weighted by Crippen LogP contribution is -1.99. The molecule has 0 fully saturated rings. The van der Waals surface area contributed by atoms with Crippen molar-refractivity contribution in [3.63, 3.8) is 0 Å². The first kappa shape index (κ1) is 16.4.